The van der Waals surface area contributed by atoms with Gasteiger partial charge in [-0.2, -0.15) is 13.2 Å². The van der Waals surface area contributed by atoms with Gasteiger partial charge in [-0.3, -0.25) is 14.8 Å². The minimum absolute atomic E-state index is 0.134. The zero-order valence-corrected chi connectivity index (χ0v) is 12.2. The largest absolute Gasteiger partial charge is 0.480 e. The first-order valence-electron chi connectivity index (χ1n) is 6.72. The van der Waals surface area contributed by atoms with Gasteiger partial charge in [0.1, 0.15) is 12.0 Å². The molecule has 0 spiro atoms. The number of hydroxylamine groups is 1. The van der Waals surface area contributed by atoms with Crippen molar-refractivity contribution in [2.45, 2.75) is 25.1 Å². The summed E-state index contributed by atoms with van der Waals surface area (Å²) in [5.74, 6) is -7.28. The van der Waals surface area contributed by atoms with E-state index in [0.717, 1.165) is 5.48 Å². The van der Waals surface area contributed by atoms with Gasteiger partial charge < -0.3 is 10.4 Å². The van der Waals surface area contributed by atoms with Crippen LogP contribution in [-0.2, 0) is 20.8 Å². The van der Waals surface area contributed by atoms with E-state index in [4.69, 9.17) is 10.3 Å². The first-order valence-corrected chi connectivity index (χ1v) is 6.72. The molecule has 1 rings (SSSR count). The van der Waals surface area contributed by atoms with E-state index in [-0.39, 0.29) is 6.42 Å². The SMILES string of the molecule is O=C(CC(C(=O)NO)C(F)(F)F)N[C@@H](Cc1ccccc1)C(=O)O. The Hall–Kier alpha value is -2.62. The topological polar surface area (TPSA) is 116 Å². The number of nitrogens with one attached hydrogen (secondary N) is 2. The molecule has 0 fully saturated rings. The van der Waals surface area contributed by atoms with E-state index in [1.165, 1.54) is 0 Å². The van der Waals surface area contributed by atoms with Crippen LogP contribution in [0.5, 0.6) is 0 Å². The Labute approximate surface area is 134 Å². The van der Waals surface area contributed by atoms with Gasteiger partial charge in [-0.1, -0.05) is 30.3 Å². The lowest BCUT2D eigenvalue weighted by Gasteiger charge is -2.19. The number of carbonyl (C=O) groups is 3. The van der Waals surface area contributed by atoms with Crippen LogP contribution in [0.4, 0.5) is 13.2 Å². The number of carboxylic acid groups (broad SMARTS) is 1. The fourth-order valence-corrected chi connectivity index (χ4v) is 1.92. The van der Waals surface area contributed by atoms with Crippen molar-refractivity contribution in [3.8, 4) is 0 Å². The van der Waals surface area contributed by atoms with Crippen molar-refractivity contribution in [1.82, 2.24) is 10.8 Å². The fraction of sp³-hybridized carbons (Fsp3) is 0.357. The molecule has 24 heavy (non-hydrogen) atoms. The van der Waals surface area contributed by atoms with Gasteiger partial charge in [0.05, 0.1) is 0 Å². The second-order valence-corrected chi connectivity index (χ2v) is 4.92. The Balaban J connectivity index is 2.77. The highest BCUT2D eigenvalue weighted by Gasteiger charge is 2.46. The predicted octanol–water partition coefficient (Wildman–Crippen LogP) is 0.872. The van der Waals surface area contributed by atoms with Crippen LogP contribution in [0.1, 0.15) is 12.0 Å². The van der Waals surface area contributed by atoms with Crippen molar-refractivity contribution in [2.24, 2.45) is 5.92 Å². The smallest absolute Gasteiger partial charge is 0.401 e. The number of alkyl halides is 3. The van der Waals surface area contributed by atoms with Crippen molar-refractivity contribution >= 4 is 17.8 Å². The summed E-state index contributed by atoms with van der Waals surface area (Å²) in [7, 11) is 0. The third-order valence-electron chi connectivity index (χ3n) is 3.13. The third-order valence-corrected chi connectivity index (χ3v) is 3.13. The van der Waals surface area contributed by atoms with Crippen molar-refractivity contribution in [1.29, 1.82) is 0 Å². The number of carbonyl (C=O) groups excluding carboxylic acids is 2. The molecule has 0 aliphatic rings. The molecule has 1 aromatic rings. The Morgan fingerprint density at radius 2 is 1.71 bits per heavy atom. The van der Waals surface area contributed by atoms with E-state index in [1.807, 2.05) is 5.32 Å². The van der Waals surface area contributed by atoms with Crippen LogP contribution in [-0.4, -0.2) is 40.3 Å². The zero-order chi connectivity index (χ0) is 18.3. The van der Waals surface area contributed by atoms with Gasteiger partial charge in [-0.05, 0) is 5.56 Å². The molecule has 2 atom stereocenters. The average molecular weight is 348 g/mol. The van der Waals surface area contributed by atoms with Crippen LogP contribution in [0, 0.1) is 5.92 Å². The molecule has 1 aromatic carbocycles. The van der Waals surface area contributed by atoms with Gasteiger partial charge in [-0.25, -0.2) is 10.3 Å². The van der Waals surface area contributed by atoms with E-state index < -0.39 is 42.3 Å². The standard InChI is InChI=1S/C14H15F3N2O5/c15-14(16,17)9(12(21)19-24)7-11(20)18-10(13(22)23)6-8-4-2-1-3-5-8/h1-5,9-10,24H,6-7H2,(H,18,20)(H,19,21)(H,22,23)/t9?,10-/m0/s1. The Bertz CT molecular complexity index is 592. The van der Waals surface area contributed by atoms with E-state index in [0.29, 0.717) is 5.56 Å². The van der Waals surface area contributed by atoms with E-state index in [1.54, 1.807) is 30.3 Å². The summed E-state index contributed by atoms with van der Waals surface area (Å²) in [6.07, 6.45) is -6.54. The number of hydrogen-bond acceptors (Lipinski definition) is 4. The molecule has 0 aromatic heterocycles. The van der Waals surface area contributed by atoms with Gasteiger partial charge in [0.15, 0.2) is 0 Å². The molecule has 0 radical (unpaired) electrons. The minimum atomic E-state index is -5.07. The van der Waals surface area contributed by atoms with Crippen molar-refractivity contribution in [2.75, 3.05) is 0 Å². The second kappa shape index (κ2) is 8.29. The molecule has 0 bridgehead atoms. The maximum Gasteiger partial charge on any atom is 0.401 e. The molecule has 0 aliphatic heterocycles. The van der Waals surface area contributed by atoms with Crippen molar-refractivity contribution in [3.05, 3.63) is 35.9 Å². The fourth-order valence-electron chi connectivity index (χ4n) is 1.92. The number of hydrogen-bond donors (Lipinski definition) is 4. The summed E-state index contributed by atoms with van der Waals surface area (Å²) in [4.78, 5) is 33.9. The monoisotopic (exact) mass is 348 g/mol. The highest BCUT2D eigenvalue weighted by molar-refractivity contribution is 5.88. The predicted molar refractivity (Wildman–Crippen MR) is 73.8 cm³/mol. The van der Waals surface area contributed by atoms with Crippen LogP contribution in [0.3, 0.4) is 0 Å². The van der Waals surface area contributed by atoms with Crippen LogP contribution >= 0.6 is 0 Å². The van der Waals surface area contributed by atoms with E-state index in [9.17, 15) is 27.6 Å². The van der Waals surface area contributed by atoms with Gasteiger partial charge in [0.2, 0.25) is 5.91 Å². The molecule has 1 unspecified atom stereocenters. The zero-order valence-electron chi connectivity index (χ0n) is 12.2. The Morgan fingerprint density at radius 3 is 2.17 bits per heavy atom. The Morgan fingerprint density at radius 1 is 1.12 bits per heavy atom. The highest BCUT2D eigenvalue weighted by atomic mass is 19.4. The number of amides is 2. The first-order chi connectivity index (χ1) is 11.1. The highest BCUT2D eigenvalue weighted by Crippen LogP contribution is 2.29. The quantitative estimate of drug-likeness (QED) is 0.431. The molecule has 7 nitrogen and oxygen atoms in total. The average Bonchev–Trinajstić information content (AvgIpc) is 2.51. The number of rotatable bonds is 7. The molecular formula is C14H15F3N2O5. The van der Waals surface area contributed by atoms with Crippen LogP contribution < -0.4 is 10.8 Å². The number of halogens is 3. The van der Waals surface area contributed by atoms with Gasteiger partial charge >= 0.3 is 12.1 Å². The number of aliphatic carboxylic acids is 1. The lowest BCUT2D eigenvalue weighted by Crippen LogP contribution is -2.46. The maximum absolute atomic E-state index is 12.7. The molecule has 10 heteroatoms. The summed E-state index contributed by atoms with van der Waals surface area (Å²) in [6, 6.07) is 6.72. The van der Waals surface area contributed by atoms with Crippen molar-refractivity contribution in [3.63, 3.8) is 0 Å². The molecular weight excluding hydrogens is 333 g/mol. The molecule has 0 aliphatic carbocycles. The summed E-state index contributed by atoms with van der Waals surface area (Å²) in [5, 5.41) is 19.3. The van der Waals surface area contributed by atoms with Crippen LogP contribution in [0.2, 0.25) is 0 Å². The molecule has 0 saturated heterocycles. The van der Waals surface area contributed by atoms with E-state index >= 15 is 0 Å². The number of carboxylic acids is 1. The summed E-state index contributed by atoms with van der Waals surface area (Å²) in [6.45, 7) is 0. The van der Waals surface area contributed by atoms with E-state index in [2.05, 4.69) is 0 Å². The lowest BCUT2D eigenvalue weighted by atomic mass is 10.0. The summed E-state index contributed by atoms with van der Waals surface area (Å²) < 4.78 is 38.1. The van der Waals surface area contributed by atoms with Crippen LogP contribution in [0.25, 0.3) is 0 Å². The van der Waals surface area contributed by atoms with Gasteiger partial charge in [-0.15, -0.1) is 0 Å². The van der Waals surface area contributed by atoms with Gasteiger partial charge in [0.25, 0.3) is 5.91 Å². The molecule has 132 valence electrons. The third kappa shape index (κ3) is 5.88. The molecule has 0 heterocycles. The summed E-state index contributed by atoms with van der Waals surface area (Å²) >= 11 is 0. The molecule has 2 amide bonds. The van der Waals surface area contributed by atoms with Gasteiger partial charge in [0, 0.05) is 12.8 Å². The first kappa shape index (κ1) is 19.4. The van der Waals surface area contributed by atoms with Crippen LogP contribution in [0.15, 0.2) is 30.3 Å². The Kier molecular flexibility index (Phi) is 6.71. The summed E-state index contributed by atoms with van der Waals surface area (Å²) in [5.41, 5.74) is 1.40. The lowest BCUT2D eigenvalue weighted by molar-refractivity contribution is -0.190. The second-order valence-electron chi connectivity index (χ2n) is 4.92. The van der Waals surface area contributed by atoms with Crippen molar-refractivity contribution < 1.29 is 37.9 Å². The normalized spacial score (nSPS) is 13.7. The molecule has 4 N–H and O–H groups in total. The minimum Gasteiger partial charge on any atom is -0.480 e. The maximum atomic E-state index is 12.7. The number of benzene rings is 1. The molecule has 0 saturated carbocycles.